The molecule has 2 amide bonds. The van der Waals surface area contributed by atoms with Crippen LogP contribution in [0.25, 0.3) is 0 Å². The van der Waals surface area contributed by atoms with E-state index in [0.717, 1.165) is 0 Å². The molecule has 0 bridgehead atoms. The Bertz CT molecular complexity index is 1510. The molecule has 3 rings (SSSR count). The van der Waals surface area contributed by atoms with Gasteiger partial charge in [-0.2, -0.15) is 40.4 Å². The lowest BCUT2D eigenvalue weighted by Crippen LogP contribution is -2.59. The van der Waals surface area contributed by atoms with Gasteiger partial charge in [0.05, 0.1) is 17.3 Å². The number of nitrogens with zero attached hydrogens (tertiary/aromatic N) is 1. The minimum atomic E-state index is -6.87. The molecule has 0 aliphatic heterocycles. The molecule has 0 aliphatic rings. The molecular weight excluding hydrogens is 799 g/mol. The van der Waals surface area contributed by atoms with Crippen molar-refractivity contribution < 1.29 is 49.1 Å². The molecule has 3 aromatic rings. The fourth-order valence-electron chi connectivity index (χ4n) is 3.43. The van der Waals surface area contributed by atoms with Crippen molar-refractivity contribution in [3.63, 3.8) is 0 Å². The van der Waals surface area contributed by atoms with Gasteiger partial charge in [-0.1, -0.05) is 6.07 Å². The molecule has 5 nitrogen and oxygen atoms in total. The van der Waals surface area contributed by atoms with Crippen molar-refractivity contribution >= 4 is 68.4 Å². The van der Waals surface area contributed by atoms with E-state index in [-0.39, 0.29) is 34.6 Å². The standard InChI is InChI=1S/C25H12F9I2N3O2/c26-22(24(29,30)31,23(27,28)25(32,33)34)15-9-17(35)19(18(36)10-15)39-21(41)14-2-1-3-16(8-14)38-20(40)13-6-4-12(11-37)5-7-13/h1-10H,(H,38,40)(H,39,41). The van der Waals surface area contributed by atoms with Crippen LogP contribution in [0.1, 0.15) is 31.8 Å². The van der Waals surface area contributed by atoms with E-state index in [1.54, 1.807) is 0 Å². The van der Waals surface area contributed by atoms with E-state index < -0.39 is 48.5 Å². The second-order valence-corrected chi connectivity index (χ2v) is 10.5. The second kappa shape index (κ2) is 11.7. The minimum absolute atomic E-state index is 0.0861. The Balaban J connectivity index is 1.90. The van der Waals surface area contributed by atoms with Crippen LogP contribution in [0.4, 0.5) is 50.9 Å². The van der Waals surface area contributed by atoms with E-state index in [4.69, 9.17) is 5.26 Å². The number of nitrogens with one attached hydrogen (secondary N) is 2. The van der Waals surface area contributed by atoms with Crippen molar-refractivity contribution in [1.29, 1.82) is 5.26 Å². The molecule has 0 radical (unpaired) electrons. The van der Waals surface area contributed by atoms with E-state index in [2.05, 4.69) is 10.6 Å². The Morgan fingerprint density at radius 1 is 0.707 bits per heavy atom. The fraction of sp³-hybridized carbons (Fsp3) is 0.160. The van der Waals surface area contributed by atoms with Crippen LogP contribution in [0.5, 0.6) is 0 Å². The van der Waals surface area contributed by atoms with Crippen molar-refractivity contribution in [2.24, 2.45) is 0 Å². The number of alkyl halides is 9. The van der Waals surface area contributed by atoms with E-state index in [1.807, 2.05) is 6.07 Å². The average molecular weight is 811 g/mol. The van der Waals surface area contributed by atoms with Gasteiger partial charge in [-0.25, -0.2) is 4.39 Å². The normalized spacial score (nSPS) is 13.6. The Morgan fingerprint density at radius 2 is 1.24 bits per heavy atom. The van der Waals surface area contributed by atoms with Gasteiger partial charge in [-0.05, 0) is 99.8 Å². The topological polar surface area (TPSA) is 82.0 Å². The van der Waals surface area contributed by atoms with Crippen LogP contribution in [0.15, 0.2) is 60.7 Å². The average Bonchev–Trinajstić information content (AvgIpc) is 2.88. The van der Waals surface area contributed by atoms with E-state index in [9.17, 15) is 49.1 Å². The number of carbonyl (C=O) groups is 2. The first-order chi connectivity index (χ1) is 18.8. The number of hydrogen-bond donors (Lipinski definition) is 2. The molecule has 16 heteroatoms. The third-order valence-corrected chi connectivity index (χ3v) is 7.22. The fourth-order valence-corrected chi connectivity index (χ4v) is 5.47. The Hall–Kier alpha value is -3.08. The van der Waals surface area contributed by atoms with Gasteiger partial charge in [-0.15, -0.1) is 0 Å². The van der Waals surface area contributed by atoms with Gasteiger partial charge in [0, 0.05) is 29.5 Å². The molecule has 0 aromatic heterocycles. The van der Waals surface area contributed by atoms with Crippen LogP contribution in [0.2, 0.25) is 0 Å². The SMILES string of the molecule is N#Cc1ccc(C(=O)Nc2cccc(C(=O)Nc3c(I)cc(C(F)(C(F)(F)F)C(F)(F)C(F)(F)F)cc3I)c2)cc1. The van der Waals surface area contributed by atoms with Gasteiger partial charge >= 0.3 is 23.9 Å². The van der Waals surface area contributed by atoms with Crippen molar-refractivity contribution in [3.8, 4) is 6.07 Å². The molecule has 0 saturated heterocycles. The maximum atomic E-state index is 14.9. The summed E-state index contributed by atoms with van der Waals surface area (Å²) in [4.78, 5) is 25.3. The van der Waals surface area contributed by atoms with Gasteiger partial charge < -0.3 is 10.6 Å². The summed E-state index contributed by atoms with van der Waals surface area (Å²) < 4.78 is 120. The lowest BCUT2D eigenvalue weighted by Gasteiger charge is -2.36. The first-order valence-electron chi connectivity index (χ1n) is 10.8. The maximum Gasteiger partial charge on any atom is 0.457 e. The molecule has 0 fully saturated rings. The Morgan fingerprint density at radius 3 is 1.73 bits per heavy atom. The van der Waals surface area contributed by atoms with Crippen LogP contribution in [0.3, 0.4) is 0 Å². The highest BCUT2D eigenvalue weighted by atomic mass is 127. The lowest BCUT2D eigenvalue weighted by atomic mass is 9.87. The zero-order valence-electron chi connectivity index (χ0n) is 19.7. The third kappa shape index (κ3) is 6.39. The van der Waals surface area contributed by atoms with Gasteiger partial charge in [0.25, 0.3) is 11.8 Å². The summed E-state index contributed by atoms with van der Waals surface area (Å²) in [5, 5.41) is 13.7. The third-order valence-electron chi connectivity index (χ3n) is 5.52. The number of benzene rings is 3. The molecule has 0 aliphatic carbocycles. The number of amides is 2. The highest BCUT2D eigenvalue weighted by Gasteiger charge is 2.81. The number of carbonyl (C=O) groups excluding carboxylic acids is 2. The number of rotatable bonds is 6. The van der Waals surface area contributed by atoms with Crippen LogP contribution in [-0.4, -0.2) is 30.1 Å². The highest BCUT2D eigenvalue weighted by molar-refractivity contribution is 14.1. The summed E-state index contributed by atoms with van der Waals surface area (Å²) in [5.74, 6) is -8.31. The maximum absolute atomic E-state index is 14.9. The largest absolute Gasteiger partial charge is 0.457 e. The predicted molar refractivity (Wildman–Crippen MR) is 145 cm³/mol. The number of anilines is 2. The quantitative estimate of drug-likeness (QED) is 0.195. The van der Waals surface area contributed by atoms with Gasteiger partial charge in [0.15, 0.2) is 0 Å². The van der Waals surface area contributed by atoms with Crippen molar-refractivity contribution in [3.05, 3.63) is 90.1 Å². The number of hydrogen-bond acceptors (Lipinski definition) is 3. The summed E-state index contributed by atoms with van der Waals surface area (Å²) in [7, 11) is 0. The van der Waals surface area contributed by atoms with Crippen molar-refractivity contribution in [1.82, 2.24) is 0 Å². The highest BCUT2D eigenvalue weighted by Crippen LogP contribution is 2.58. The Kier molecular flexibility index (Phi) is 9.22. The molecule has 216 valence electrons. The smallest absolute Gasteiger partial charge is 0.322 e. The molecule has 41 heavy (non-hydrogen) atoms. The zero-order valence-corrected chi connectivity index (χ0v) is 24.0. The Labute approximate surface area is 252 Å². The second-order valence-electron chi connectivity index (χ2n) is 8.22. The molecule has 3 aromatic carbocycles. The van der Waals surface area contributed by atoms with Crippen molar-refractivity contribution in [2.75, 3.05) is 10.6 Å². The number of halogens is 11. The summed E-state index contributed by atoms with van der Waals surface area (Å²) in [6, 6.07) is 13.1. The van der Waals surface area contributed by atoms with Crippen LogP contribution >= 0.6 is 45.2 Å². The summed E-state index contributed by atoms with van der Waals surface area (Å²) in [6.07, 6.45) is -13.5. The van der Waals surface area contributed by atoms with Crippen LogP contribution in [-0.2, 0) is 5.67 Å². The molecular formula is C25H12F9I2N3O2. The molecule has 0 heterocycles. The monoisotopic (exact) mass is 811 g/mol. The van der Waals surface area contributed by atoms with E-state index in [0.29, 0.717) is 5.56 Å². The van der Waals surface area contributed by atoms with Gasteiger partial charge in [-0.3, -0.25) is 9.59 Å². The summed E-state index contributed by atoms with van der Waals surface area (Å²) in [6.45, 7) is 0. The molecule has 1 unspecified atom stereocenters. The lowest BCUT2D eigenvalue weighted by molar-refractivity contribution is -0.389. The van der Waals surface area contributed by atoms with Crippen molar-refractivity contribution in [2.45, 2.75) is 23.9 Å². The number of nitriles is 1. The van der Waals surface area contributed by atoms with E-state index >= 15 is 0 Å². The molecule has 0 saturated carbocycles. The minimum Gasteiger partial charge on any atom is -0.322 e. The van der Waals surface area contributed by atoms with Crippen LogP contribution < -0.4 is 10.6 Å². The zero-order chi connectivity index (χ0) is 31.0. The summed E-state index contributed by atoms with van der Waals surface area (Å²) >= 11 is 2.52. The molecule has 0 spiro atoms. The first-order valence-corrected chi connectivity index (χ1v) is 12.9. The van der Waals surface area contributed by atoms with E-state index in [1.165, 1.54) is 93.7 Å². The van der Waals surface area contributed by atoms with Gasteiger partial charge in [0.2, 0.25) is 0 Å². The molecule has 1 atom stereocenters. The first kappa shape index (κ1) is 32.4. The summed E-state index contributed by atoms with van der Waals surface area (Å²) in [5.41, 5.74) is -7.84. The van der Waals surface area contributed by atoms with Crippen LogP contribution in [0, 0.1) is 18.5 Å². The molecule has 2 N–H and O–H groups in total. The van der Waals surface area contributed by atoms with Gasteiger partial charge in [0.1, 0.15) is 0 Å². The predicted octanol–water partition coefficient (Wildman–Crippen LogP) is 8.20.